The third-order valence-electron chi connectivity index (χ3n) is 9.11. The third kappa shape index (κ3) is 5.14. The zero-order valence-electron chi connectivity index (χ0n) is 26.1. The fraction of sp³-hybridized carbons (Fsp3) is 0.324. The number of piperazine rings is 1. The number of halogens is 2. The number of benzene rings is 2. The molecule has 1 unspecified atom stereocenters. The van der Waals surface area contributed by atoms with Crippen LogP contribution >= 0.6 is 0 Å². The van der Waals surface area contributed by atoms with Crippen molar-refractivity contribution in [2.75, 3.05) is 57.1 Å². The maximum atomic E-state index is 16.5. The predicted molar refractivity (Wildman–Crippen MR) is 176 cm³/mol. The summed E-state index contributed by atoms with van der Waals surface area (Å²) in [5, 5.41) is 21.9. The van der Waals surface area contributed by atoms with Gasteiger partial charge < -0.3 is 24.9 Å². The average Bonchev–Trinajstić information content (AvgIpc) is 3.32. The summed E-state index contributed by atoms with van der Waals surface area (Å²) >= 11 is 0. The third-order valence-corrected chi connectivity index (χ3v) is 9.11. The molecule has 2 N–H and O–H groups in total. The molecular formula is C34H32F2N8O3. The fourth-order valence-corrected chi connectivity index (χ4v) is 6.81. The number of hydrogen-bond donors (Lipinski definition) is 2. The Hall–Kier alpha value is -5.35. The molecule has 2 aromatic carbocycles. The van der Waals surface area contributed by atoms with Crippen LogP contribution in [0, 0.1) is 24.0 Å². The Morgan fingerprint density at radius 2 is 1.79 bits per heavy atom. The summed E-state index contributed by atoms with van der Waals surface area (Å²) in [7, 11) is 5.81. The molecule has 0 aliphatic carbocycles. The van der Waals surface area contributed by atoms with E-state index < -0.39 is 17.7 Å². The SMILES string of the molecule is C#Cc1c(F)ccc2cc(O)cc(-c3ncc4cc5c(N6CC7CC[C@@H](C6)N7C(=O)O)nc(N(C)CCN(C)C)nc5nc4c3F)c12. The van der Waals surface area contributed by atoms with E-state index in [1.807, 2.05) is 30.9 Å². The summed E-state index contributed by atoms with van der Waals surface area (Å²) < 4.78 is 31.3. The molecule has 13 heteroatoms. The summed E-state index contributed by atoms with van der Waals surface area (Å²) in [4.78, 5) is 38.4. The minimum absolute atomic E-state index is 0.0139. The summed E-state index contributed by atoms with van der Waals surface area (Å²) in [6.45, 7) is 2.27. The van der Waals surface area contributed by atoms with Crippen LogP contribution in [0.15, 0.2) is 36.5 Å². The molecule has 2 aliphatic rings. The first-order chi connectivity index (χ1) is 22.5. The molecule has 2 fully saturated rings. The number of phenols is 1. The topological polar surface area (TPSA) is 122 Å². The number of aromatic hydroxyl groups is 1. The number of fused-ring (bicyclic) bond motifs is 5. The second kappa shape index (κ2) is 11.5. The number of terminal acetylenes is 1. The Morgan fingerprint density at radius 3 is 2.47 bits per heavy atom. The molecule has 2 bridgehead atoms. The number of carboxylic acid groups (broad SMARTS) is 1. The van der Waals surface area contributed by atoms with Crippen molar-refractivity contribution in [3.63, 3.8) is 0 Å². The molecule has 47 heavy (non-hydrogen) atoms. The van der Waals surface area contributed by atoms with Gasteiger partial charge in [-0.1, -0.05) is 12.0 Å². The largest absolute Gasteiger partial charge is 0.508 e. The molecule has 5 aromatic rings. The summed E-state index contributed by atoms with van der Waals surface area (Å²) in [5.74, 6) is 1.76. The van der Waals surface area contributed by atoms with E-state index in [-0.39, 0.29) is 51.2 Å². The summed E-state index contributed by atoms with van der Waals surface area (Å²) in [6, 6.07) is 6.82. The van der Waals surface area contributed by atoms with Crippen LogP contribution in [0.1, 0.15) is 18.4 Å². The van der Waals surface area contributed by atoms with Crippen molar-refractivity contribution in [2.45, 2.75) is 24.9 Å². The van der Waals surface area contributed by atoms with Gasteiger partial charge in [0.1, 0.15) is 28.6 Å². The lowest BCUT2D eigenvalue weighted by molar-refractivity contribution is 0.114. The van der Waals surface area contributed by atoms with Crippen LogP contribution in [0.2, 0.25) is 0 Å². The number of phenolic OH excluding ortho intramolecular Hbond substituents is 1. The van der Waals surface area contributed by atoms with Crippen molar-refractivity contribution in [3.8, 4) is 29.4 Å². The molecule has 0 saturated carbocycles. The number of likely N-dealkylation sites (N-methyl/N-ethyl adjacent to an activating group) is 2. The van der Waals surface area contributed by atoms with Crippen molar-refractivity contribution in [1.82, 2.24) is 29.7 Å². The van der Waals surface area contributed by atoms with Gasteiger partial charge in [-0.05, 0) is 56.6 Å². The van der Waals surface area contributed by atoms with Gasteiger partial charge in [-0.15, -0.1) is 6.42 Å². The number of amides is 1. The van der Waals surface area contributed by atoms with Gasteiger partial charge in [-0.2, -0.15) is 9.97 Å². The van der Waals surface area contributed by atoms with Crippen molar-refractivity contribution in [2.24, 2.45) is 0 Å². The Bertz CT molecular complexity index is 2120. The van der Waals surface area contributed by atoms with Gasteiger partial charge in [0, 0.05) is 55.8 Å². The van der Waals surface area contributed by atoms with E-state index in [1.54, 1.807) is 11.0 Å². The van der Waals surface area contributed by atoms with Crippen LogP contribution in [-0.2, 0) is 0 Å². The van der Waals surface area contributed by atoms with E-state index in [2.05, 4.69) is 15.8 Å². The Labute approximate surface area is 269 Å². The number of hydrogen-bond acceptors (Lipinski definition) is 9. The first-order valence-electron chi connectivity index (χ1n) is 15.2. The van der Waals surface area contributed by atoms with E-state index in [9.17, 15) is 19.4 Å². The van der Waals surface area contributed by atoms with Crippen LogP contribution in [0.3, 0.4) is 0 Å². The normalized spacial score (nSPS) is 17.6. The Kier molecular flexibility index (Phi) is 7.40. The van der Waals surface area contributed by atoms with Gasteiger partial charge in [0.2, 0.25) is 5.95 Å². The molecule has 3 aromatic heterocycles. The highest BCUT2D eigenvalue weighted by Gasteiger charge is 2.43. The standard InChI is InChI=1S/C34H32F2N8O3/c1-5-23-26(35)9-6-18-12-22(45)14-24(27(18)23)30-28(36)29-19(15-37-30)13-25-31(38-29)39-33(42(4)11-10-41(2)3)40-32(25)43-16-20-7-8-21(17-43)44(20)34(46)47/h1,6,9,12-15,20-21,45H,7-8,10-11,16-17H2,2-4H3,(H,46,47)/t20-,21?/m0/s1. The first kappa shape index (κ1) is 30.3. The average molecular weight is 639 g/mol. The molecule has 0 spiro atoms. The summed E-state index contributed by atoms with van der Waals surface area (Å²) in [5.41, 5.74) is 0.165. The van der Waals surface area contributed by atoms with Gasteiger partial charge >= 0.3 is 6.09 Å². The minimum atomic E-state index is -0.921. The minimum Gasteiger partial charge on any atom is -0.508 e. The van der Waals surface area contributed by atoms with Gasteiger partial charge in [0.25, 0.3) is 0 Å². The molecule has 11 nitrogen and oxygen atoms in total. The molecule has 240 valence electrons. The quantitative estimate of drug-likeness (QED) is 0.200. The van der Waals surface area contributed by atoms with Crippen molar-refractivity contribution in [3.05, 3.63) is 53.7 Å². The smallest absolute Gasteiger partial charge is 0.407 e. The van der Waals surface area contributed by atoms with Crippen LogP contribution in [0.4, 0.5) is 25.3 Å². The van der Waals surface area contributed by atoms with E-state index in [4.69, 9.17) is 21.4 Å². The number of nitrogens with zero attached hydrogens (tertiary/aromatic N) is 8. The van der Waals surface area contributed by atoms with Crippen LogP contribution in [0.5, 0.6) is 5.75 Å². The predicted octanol–water partition coefficient (Wildman–Crippen LogP) is 4.69. The zero-order valence-corrected chi connectivity index (χ0v) is 26.1. The van der Waals surface area contributed by atoms with E-state index in [0.29, 0.717) is 47.6 Å². The van der Waals surface area contributed by atoms with E-state index >= 15 is 4.39 Å². The maximum absolute atomic E-state index is 16.5. The highest BCUT2D eigenvalue weighted by atomic mass is 19.1. The van der Waals surface area contributed by atoms with Crippen LogP contribution in [0.25, 0.3) is 44.0 Å². The van der Waals surface area contributed by atoms with Gasteiger partial charge in [-0.25, -0.2) is 18.6 Å². The number of carbonyl (C=O) groups is 1. The lowest BCUT2D eigenvalue weighted by Gasteiger charge is -2.40. The maximum Gasteiger partial charge on any atom is 0.407 e. The molecule has 0 radical (unpaired) electrons. The second-order valence-corrected chi connectivity index (χ2v) is 12.4. The van der Waals surface area contributed by atoms with Gasteiger partial charge in [0.05, 0.1) is 23.0 Å². The summed E-state index contributed by atoms with van der Waals surface area (Å²) in [6.07, 6.45) is 7.73. The molecule has 5 heterocycles. The van der Waals surface area contributed by atoms with E-state index in [1.165, 1.54) is 30.5 Å². The highest BCUT2D eigenvalue weighted by Crippen LogP contribution is 2.39. The first-order valence-corrected chi connectivity index (χ1v) is 15.2. The van der Waals surface area contributed by atoms with Gasteiger partial charge in [0.15, 0.2) is 11.5 Å². The number of aromatic nitrogens is 4. The van der Waals surface area contributed by atoms with Crippen molar-refractivity contribution in [1.29, 1.82) is 0 Å². The molecule has 2 saturated heterocycles. The lowest BCUT2D eigenvalue weighted by atomic mass is 9.95. The van der Waals surface area contributed by atoms with Crippen LogP contribution in [-0.4, -0.2) is 105 Å². The molecule has 2 atom stereocenters. The lowest BCUT2D eigenvalue weighted by Crippen LogP contribution is -2.55. The van der Waals surface area contributed by atoms with Gasteiger partial charge in [-0.3, -0.25) is 9.88 Å². The Balaban J connectivity index is 1.41. The van der Waals surface area contributed by atoms with Crippen molar-refractivity contribution >= 4 is 50.6 Å². The number of rotatable bonds is 6. The molecular weight excluding hydrogens is 606 g/mol. The molecule has 1 amide bonds. The van der Waals surface area contributed by atoms with Crippen molar-refractivity contribution < 1.29 is 23.8 Å². The molecule has 7 rings (SSSR count). The van der Waals surface area contributed by atoms with E-state index in [0.717, 1.165) is 19.4 Å². The second-order valence-electron chi connectivity index (χ2n) is 12.4. The monoisotopic (exact) mass is 638 g/mol. The molecule has 2 aliphatic heterocycles. The fourth-order valence-electron chi connectivity index (χ4n) is 6.81. The zero-order chi connectivity index (χ0) is 33.1. The highest BCUT2D eigenvalue weighted by molar-refractivity contribution is 6.03. The Morgan fingerprint density at radius 1 is 1.04 bits per heavy atom. The number of pyridine rings is 2. The number of anilines is 2. The van der Waals surface area contributed by atoms with Crippen LogP contribution < -0.4 is 9.80 Å².